The zero-order chi connectivity index (χ0) is 55.0. The second kappa shape index (κ2) is 29.1. The number of epoxide rings is 1. The highest BCUT2D eigenvalue weighted by molar-refractivity contribution is 5.79. The van der Waals surface area contributed by atoms with Crippen LogP contribution in [-0.4, -0.2) is 184 Å². The number of aromatic nitrogens is 6. The molecule has 1 spiro atoms. The third kappa shape index (κ3) is 15.6. The molecule has 4 aliphatic carbocycles. The highest BCUT2D eigenvalue weighted by Gasteiger charge is 2.75. The molecule has 2 aromatic heterocycles. The molecule has 440 valence electrons. The minimum Gasteiger partial charge on any atom is -0.491 e. The van der Waals surface area contributed by atoms with E-state index in [1.807, 2.05) is 24.4 Å². The van der Waals surface area contributed by atoms with Crippen LogP contribution in [0.5, 0.6) is 5.75 Å². The number of aryl methyl sites for hydroxylation is 1. The number of likely N-dealkylation sites (tertiary alicyclic amines) is 1. The van der Waals surface area contributed by atoms with Gasteiger partial charge in [-0.05, 0) is 93.9 Å². The Balaban J connectivity index is 0.527. The SMILES string of the molecule is Cc1nnc(C2CC(c3ccc(OCCOCCOCCOCCOCc4cn(CCOCCOCCOCCOCCC5CO5)nn4)cc3)C2)n1C1CC2N(CC[C@H](NC(=O)C3CCC(F)(F)CC3)c3ccccc3)C3CCC321. The first-order valence-corrected chi connectivity index (χ1v) is 29.5. The lowest BCUT2D eigenvalue weighted by Crippen LogP contribution is -2.85. The number of alkyl halides is 2. The molecule has 6 atom stereocenters. The number of carbonyl (C=O) groups is 1. The van der Waals surface area contributed by atoms with Crippen molar-refractivity contribution in [2.75, 3.05) is 119 Å². The van der Waals surface area contributed by atoms with E-state index in [0.717, 1.165) is 73.9 Å². The molecule has 6 aliphatic rings. The van der Waals surface area contributed by atoms with Crippen LogP contribution in [0.15, 0.2) is 60.8 Å². The average molecular weight is 1120 g/mol. The first kappa shape index (κ1) is 58.6. The van der Waals surface area contributed by atoms with Gasteiger partial charge in [0.2, 0.25) is 11.8 Å². The molecule has 10 rings (SSSR count). The maximum Gasteiger partial charge on any atom is 0.248 e. The molecule has 2 aliphatic heterocycles. The van der Waals surface area contributed by atoms with E-state index in [2.05, 4.69) is 73.5 Å². The van der Waals surface area contributed by atoms with Crippen LogP contribution in [0.25, 0.3) is 0 Å². The van der Waals surface area contributed by atoms with Crippen LogP contribution in [0.1, 0.15) is 123 Å². The highest BCUT2D eigenvalue weighted by atomic mass is 19.3. The van der Waals surface area contributed by atoms with Crippen molar-refractivity contribution in [2.24, 2.45) is 11.3 Å². The van der Waals surface area contributed by atoms with Gasteiger partial charge in [0.15, 0.2) is 0 Å². The van der Waals surface area contributed by atoms with Crippen LogP contribution in [0.4, 0.5) is 8.78 Å². The van der Waals surface area contributed by atoms with E-state index in [0.29, 0.717) is 155 Å². The maximum atomic E-state index is 13.9. The molecule has 2 aromatic carbocycles. The zero-order valence-corrected chi connectivity index (χ0v) is 46.7. The van der Waals surface area contributed by atoms with E-state index in [9.17, 15) is 13.6 Å². The summed E-state index contributed by atoms with van der Waals surface area (Å²) in [5, 5.41) is 21.0. The number of nitrogens with one attached hydrogen (secondary N) is 1. The minimum atomic E-state index is -2.65. The highest BCUT2D eigenvalue weighted by Crippen LogP contribution is 2.73. The molecular formula is C59H84F2N8O11. The van der Waals surface area contributed by atoms with Gasteiger partial charge in [-0.3, -0.25) is 9.69 Å². The molecule has 2 saturated heterocycles. The summed E-state index contributed by atoms with van der Waals surface area (Å²) < 4.78 is 88.0. The number of ether oxygens (including phenoxy) is 10. The summed E-state index contributed by atoms with van der Waals surface area (Å²) in [6.45, 7) is 13.0. The molecule has 0 bridgehead atoms. The number of halogens is 2. The number of nitrogens with zero attached hydrogens (tertiary/aromatic N) is 7. The summed E-state index contributed by atoms with van der Waals surface area (Å²) in [6.07, 6.45) is 9.67. The van der Waals surface area contributed by atoms with E-state index in [4.69, 9.17) is 52.5 Å². The molecule has 4 saturated carbocycles. The summed E-state index contributed by atoms with van der Waals surface area (Å²) in [7, 11) is 0. The molecule has 19 nitrogen and oxygen atoms in total. The fraction of sp³-hybridized carbons (Fsp3) is 0.712. The number of carbonyl (C=O) groups excluding carboxylic acids is 1. The summed E-state index contributed by atoms with van der Waals surface area (Å²) in [5.74, 6) is 0.753. The van der Waals surface area contributed by atoms with Gasteiger partial charge >= 0.3 is 0 Å². The number of amides is 1. The van der Waals surface area contributed by atoms with Crippen LogP contribution in [0.3, 0.4) is 0 Å². The Morgan fingerprint density at radius 3 is 1.93 bits per heavy atom. The van der Waals surface area contributed by atoms with Crippen molar-refractivity contribution in [2.45, 2.75) is 139 Å². The summed E-state index contributed by atoms with van der Waals surface area (Å²) in [5.41, 5.74) is 3.42. The number of rotatable bonds is 39. The van der Waals surface area contributed by atoms with E-state index in [1.165, 1.54) is 18.4 Å². The molecule has 1 N–H and O–H groups in total. The smallest absolute Gasteiger partial charge is 0.248 e. The lowest BCUT2D eigenvalue weighted by molar-refractivity contribution is -0.295. The Kier molecular flexibility index (Phi) is 21.3. The monoisotopic (exact) mass is 1120 g/mol. The minimum absolute atomic E-state index is 0.0878. The van der Waals surface area contributed by atoms with Gasteiger partial charge in [-0.2, -0.15) is 0 Å². The molecular weight excluding hydrogens is 1030 g/mol. The van der Waals surface area contributed by atoms with Gasteiger partial charge in [-0.15, -0.1) is 15.3 Å². The Morgan fingerprint density at radius 2 is 1.30 bits per heavy atom. The number of benzene rings is 2. The molecule has 5 unspecified atom stereocenters. The van der Waals surface area contributed by atoms with Gasteiger partial charge in [-0.1, -0.05) is 47.7 Å². The molecule has 0 radical (unpaired) electrons. The number of piperidine rings is 2. The molecule has 80 heavy (non-hydrogen) atoms. The Morgan fingerprint density at radius 1 is 0.675 bits per heavy atom. The van der Waals surface area contributed by atoms with E-state index >= 15 is 0 Å². The van der Waals surface area contributed by atoms with Gasteiger partial charge in [-0.25, -0.2) is 13.5 Å². The van der Waals surface area contributed by atoms with Crippen molar-refractivity contribution < 1.29 is 60.9 Å². The van der Waals surface area contributed by atoms with Crippen molar-refractivity contribution in [1.82, 2.24) is 40.0 Å². The summed E-state index contributed by atoms with van der Waals surface area (Å²) in [4.78, 5) is 16.1. The van der Waals surface area contributed by atoms with E-state index in [-0.39, 0.29) is 49.0 Å². The van der Waals surface area contributed by atoms with Crippen molar-refractivity contribution in [3.8, 4) is 5.75 Å². The van der Waals surface area contributed by atoms with E-state index < -0.39 is 5.92 Å². The number of hydrogen-bond donors (Lipinski definition) is 1. The summed E-state index contributed by atoms with van der Waals surface area (Å²) in [6, 6.07) is 19.9. The molecule has 21 heteroatoms. The lowest BCUT2D eigenvalue weighted by atomic mass is 9.40. The molecule has 6 fully saturated rings. The van der Waals surface area contributed by atoms with Crippen molar-refractivity contribution in [3.05, 3.63) is 89.3 Å². The van der Waals surface area contributed by atoms with Gasteiger partial charge in [0.1, 0.15) is 29.7 Å². The average Bonchev–Trinajstić information content (AvgIpc) is 3.53. The van der Waals surface area contributed by atoms with Crippen molar-refractivity contribution in [1.29, 1.82) is 0 Å². The fourth-order valence-corrected chi connectivity index (χ4v) is 12.6. The topological polar surface area (TPSA) is 189 Å². The van der Waals surface area contributed by atoms with Gasteiger partial charge in [0.25, 0.3) is 0 Å². The molecule has 4 aromatic rings. The van der Waals surface area contributed by atoms with Crippen molar-refractivity contribution in [3.63, 3.8) is 0 Å². The van der Waals surface area contributed by atoms with Gasteiger partial charge in [0, 0.05) is 61.4 Å². The Hall–Kier alpha value is -4.55. The second-order valence-electron chi connectivity index (χ2n) is 22.4. The Bertz CT molecular complexity index is 2460. The second-order valence-corrected chi connectivity index (χ2v) is 22.4. The third-order valence-electron chi connectivity index (χ3n) is 17.3. The van der Waals surface area contributed by atoms with Crippen molar-refractivity contribution >= 4 is 5.91 Å². The van der Waals surface area contributed by atoms with Crippen LogP contribution in [0.2, 0.25) is 0 Å². The zero-order valence-electron chi connectivity index (χ0n) is 46.7. The van der Waals surface area contributed by atoms with Gasteiger partial charge < -0.3 is 57.3 Å². The normalized spacial score (nSPS) is 25.1. The Labute approximate surface area is 469 Å². The first-order valence-electron chi connectivity index (χ1n) is 29.5. The lowest BCUT2D eigenvalue weighted by Gasteiger charge is -2.80. The standard InChI is InChI=1S/C59H84F2N8O11/c1-43-63-65-56(69(43)55-39-54-59(55)18-13-53(59)68(54)19-14-52(45-5-3-2-4-6-45)62-57(70)46-11-16-58(60,61)17-12-46)48-37-47(38-48)44-7-9-50(10-8-44)79-36-35-77-32-31-75-29-30-76-33-34-78-41-49-40-67(66-64-49)20-22-72-24-26-74-28-27-73-25-23-71-21-15-51-42-80-51/h2-10,40,46-48,51-55H,11-39,41-42H2,1H3,(H,62,70)/t47?,48?,51?,52-,53?,54?,55?,59?/m0/s1. The predicted molar refractivity (Wildman–Crippen MR) is 290 cm³/mol. The largest absolute Gasteiger partial charge is 0.491 e. The quantitative estimate of drug-likeness (QED) is 0.0349. The van der Waals surface area contributed by atoms with E-state index in [1.54, 1.807) is 4.68 Å². The maximum absolute atomic E-state index is 13.9. The van der Waals surface area contributed by atoms with Crippen LogP contribution < -0.4 is 10.1 Å². The van der Waals surface area contributed by atoms with Crippen LogP contribution >= 0.6 is 0 Å². The van der Waals surface area contributed by atoms with Gasteiger partial charge in [0.05, 0.1) is 131 Å². The third-order valence-corrected chi connectivity index (χ3v) is 17.3. The molecule has 4 heterocycles. The summed E-state index contributed by atoms with van der Waals surface area (Å²) >= 11 is 0. The number of hydrogen-bond acceptors (Lipinski definition) is 16. The fourth-order valence-electron chi connectivity index (χ4n) is 12.6. The first-order chi connectivity index (χ1) is 39.2. The predicted octanol–water partition coefficient (Wildman–Crippen LogP) is 7.19. The van der Waals surface area contributed by atoms with Crippen LogP contribution in [-0.2, 0) is 60.6 Å². The van der Waals surface area contributed by atoms with Crippen LogP contribution in [0, 0.1) is 18.3 Å². The molecule has 1 amide bonds.